The molecule has 1 fully saturated rings. The lowest BCUT2D eigenvalue weighted by Crippen LogP contribution is -2.21. The molecule has 0 radical (unpaired) electrons. The summed E-state index contributed by atoms with van der Waals surface area (Å²) < 4.78 is 17.1. The minimum absolute atomic E-state index is 0.0651. The van der Waals surface area contributed by atoms with Crippen molar-refractivity contribution in [3.63, 3.8) is 0 Å². The van der Waals surface area contributed by atoms with Crippen LogP contribution in [-0.2, 0) is 14.2 Å². The molecule has 1 aliphatic carbocycles. The lowest BCUT2D eigenvalue weighted by atomic mass is 9.86. The summed E-state index contributed by atoms with van der Waals surface area (Å²) in [6, 6.07) is 6.51. The number of nitrogens with zero attached hydrogens (tertiary/aromatic N) is 1. The third-order valence-corrected chi connectivity index (χ3v) is 4.27. The van der Waals surface area contributed by atoms with Gasteiger partial charge in [0.2, 0.25) is 0 Å². The van der Waals surface area contributed by atoms with Crippen LogP contribution in [0.1, 0.15) is 25.0 Å². The van der Waals surface area contributed by atoms with E-state index >= 15 is 0 Å². The zero-order valence-electron chi connectivity index (χ0n) is 12.5. The van der Waals surface area contributed by atoms with Crippen LogP contribution in [0, 0.1) is 10.1 Å². The Balaban J connectivity index is 1.71. The van der Waals surface area contributed by atoms with Crippen molar-refractivity contribution in [2.45, 2.75) is 25.6 Å². The summed E-state index contributed by atoms with van der Waals surface area (Å²) in [5.41, 5.74) is 3.16. The van der Waals surface area contributed by atoms with Crippen LogP contribution in [0.25, 0.3) is 0 Å². The van der Waals surface area contributed by atoms with Crippen molar-refractivity contribution in [2.75, 3.05) is 6.79 Å². The first kappa shape index (κ1) is 14.0. The van der Waals surface area contributed by atoms with Gasteiger partial charge in [-0.05, 0) is 47.9 Å². The zero-order valence-corrected chi connectivity index (χ0v) is 12.5. The Morgan fingerprint density at radius 2 is 2.00 bits per heavy atom. The molecular weight excluding hydrogens is 298 g/mol. The van der Waals surface area contributed by atoms with Crippen molar-refractivity contribution in [1.29, 1.82) is 0 Å². The number of nitro benzene ring substituents is 1. The molecule has 0 bridgehead atoms. The number of allylic oxidation sites excluding steroid dienone is 4. The van der Waals surface area contributed by atoms with Gasteiger partial charge in [-0.3, -0.25) is 10.1 Å². The Bertz CT molecular complexity index is 760. The Hall–Kier alpha value is -2.60. The van der Waals surface area contributed by atoms with E-state index < -0.39 is 4.92 Å². The first-order valence-corrected chi connectivity index (χ1v) is 7.40. The van der Waals surface area contributed by atoms with Crippen LogP contribution < -0.4 is 0 Å². The lowest BCUT2D eigenvalue weighted by molar-refractivity contribution is -0.384. The topological polar surface area (TPSA) is 70.8 Å². The standard InChI is InChI=1S/C17H15NO5/c1-10-6-12-7-15-16(22-9-21-15)8-14(12)17(23-10)11-2-4-13(5-3-11)18(19)20/h2-7,16-17H,8-9H2,1H3. The molecule has 0 saturated carbocycles. The number of non-ortho nitro benzene ring substituents is 1. The fraction of sp³-hybridized carbons (Fsp3) is 0.294. The number of benzene rings is 1. The van der Waals surface area contributed by atoms with Crippen molar-refractivity contribution in [2.24, 2.45) is 0 Å². The maximum Gasteiger partial charge on any atom is 0.269 e. The third-order valence-electron chi connectivity index (χ3n) is 4.27. The number of hydrogen-bond acceptors (Lipinski definition) is 5. The van der Waals surface area contributed by atoms with Crippen molar-refractivity contribution >= 4 is 5.69 Å². The Morgan fingerprint density at radius 3 is 2.74 bits per heavy atom. The van der Waals surface area contributed by atoms with Crippen LogP contribution in [0.2, 0.25) is 0 Å². The van der Waals surface area contributed by atoms with Gasteiger partial charge >= 0.3 is 0 Å². The van der Waals surface area contributed by atoms with E-state index in [1.807, 2.05) is 19.1 Å². The van der Waals surface area contributed by atoms with Crippen molar-refractivity contribution < 1.29 is 19.1 Å². The van der Waals surface area contributed by atoms with Crippen molar-refractivity contribution in [3.8, 4) is 0 Å². The molecule has 1 aromatic rings. The zero-order chi connectivity index (χ0) is 16.0. The molecule has 1 saturated heterocycles. The predicted molar refractivity (Wildman–Crippen MR) is 81.2 cm³/mol. The van der Waals surface area contributed by atoms with E-state index in [-0.39, 0.29) is 24.7 Å². The van der Waals surface area contributed by atoms with Gasteiger partial charge in [0.15, 0.2) is 6.79 Å². The molecule has 6 heteroatoms. The molecule has 118 valence electrons. The van der Waals surface area contributed by atoms with Crippen LogP contribution in [0.5, 0.6) is 0 Å². The van der Waals surface area contributed by atoms with Gasteiger partial charge in [-0.25, -0.2) is 0 Å². The number of nitro groups is 1. The van der Waals surface area contributed by atoms with E-state index in [1.165, 1.54) is 12.1 Å². The van der Waals surface area contributed by atoms with E-state index in [9.17, 15) is 10.1 Å². The van der Waals surface area contributed by atoms with Crippen LogP contribution in [0.15, 0.2) is 59.1 Å². The lowest BCUT2D eigenvalue weighted by Gasteiger charge is -2.31. The Morgan fingerprint density at radius 1 is 1.22 bits per heavy atom. The Kier molecular flexibility index (Phi) is 3.20. The van der Waals surface area contributed by atoms with Crippen molar-refractivity contribution in [3.05, 3.63) is 74.8 Å². The molecule has 0 N–H and O–H groups in total. The molecule has 23 heavy (non-hydrogen) atoms. The summed E-state index contributed by atoms with van der Waals surface area (Å²) in [6.45, 7) is 2.18. The minimum atomic E-state index is -0.402. The molecule has 2 heterocycles. The molecule has 1 aromatic carbocycles. The molecule has 6 nitrogen and oxygen atoms in total. The highest BCUT2D eigenvalue weighted by Gasteiger charge is 2.35. The van der Waals surface area contributed by atoms with Crippen LogP contribution >= 0.6 is 0 Å². The van der Waals surface area contributed by atoms with Crippen LogP contribution in [-0.4, -0.2) is 17.8 Å². The minimum Gasteiger partial charge on any atom is -0.486 e. The van der Waals surface area contributed by atoms with Gasteiger partial charge in [0.1, 0.15) is 18.0 Å². The van der Waals surface area contributed by atoms with E-state index in [4.69, 9.17) is 14.2 Å². The number of rotatable bonds is 2. The molecular formula is C17H15NO5. The third kappa shape index (κ3) is 2.41. The second kappa shape index (κ2) is 5.24. The van der Waals surface area contributed by atoms with E-state index in [0.717, 1.165) is 28.2 Å². The highest BCUT2D eigenvalue weighted by molar-refractivity contribution is 5.49. The first-order chi connectivity index (χ1) is 11.1. The molecule has 2 aliphatic heterocycles. The molecule has 2 unspecified atom stereocenters. The summed E-state index contributed by atoms with van der Waals surface area (Å²) in [4.78, 5) is 10.4. The fourth-order valence-electron chi connectivity index (χ4n) is 3.16. The molecule has 0 amide bonds. The first-order valence-electron chi connectivity index (χ1n) is 7.40. The average molecular weight is 313 g/mol. The highest BCUT2D eigenvalue weighted by atomic mass is 16.7. The summed E-state index contributed by atoms with van der Waals surface area (Å²) in [6.07, 6.45) is 4.37. The normalized spacial score (nSPS) is 25.6. The monoisotopic (exact) mass is 313 g/mol. The van der Waals surface area contributed by atoms with Gasteiger partial charge in [-0.1, -0.05) is 0 Å². The molecule has 3 aliphatic rings. The maximum absolute atomic E-state index is 10.8. The van der Waals surface area contributed by atoms with Gasteiger partial charge in [0.25, 0.3) is 5.69 Å². The summed E-state index contributed by atoms with van der Waals surface area (Å²) in [5.74, 6) is 1.67. The van der Waals surface area contributed by atoms with Crippen LogP contribution in [0.3, 0.4) is 0 Å². The molecule has 2 atom stereocenters. The summed E-state index contributed by atoms with van der Waals surface area (Å²) >= 11 is 0. The average Bonchev–Trinajstić information content (AvgIpc) is 2.99. The quantitative estimate of drug-likeness (QED) is 0.617. The maximum atomic E-state index is 10.8. The SMILES string of the molecule is CC1=CC2=C(CC3OCOC3=C2)C(c2ccc([N+](=O)[O-])cc2)O1. The van der Waals surface area contributed by atoms with Crippen molar-refractivity contribution in [1.82, 2.24) is 0 Å². The van der Waals surface area contributed by atoms with Gasteiger partial charge < -0.3 is 14.2 Å². The number of ether oxygens (including phenoxy) is 3. The van der Waals surface area contributed by atoms with Gasteiger partial charge in [0, 0.05) is 18.6 Å². The van der Waals surface area contributed by atoms with Gasteiger partial charge in [-0.2, -0.15) is 0 Å². The molecule has 4 rings (SSSR count). The fourth-order valence-corrected chi connectivity index (χ4v) is 3.16. The predicted octanol–water partition coefficient (Wildman–Crippen LogP) is 3.53. The highest BCUT2D eigenvalue weighted by Crippen LogP contribution is 2.43. The number of hydrogen-bond donors (Lipinski definition) is 0. The van der Waals surface area contributed by atoms with Gasteiger partial charge in [-0.15, -0.1) is 0 Å². The van der Waals surface area contributed by atoms with E-state index in [0.29, 0.717) is 6.42 Å². The second-order valence-electron chi connectivity index (χ2n) is 5.75. The van der Waals surface area contributed by atoms with E-state index in [2.05, 4.69) is 0 Å². The molecule has 0 spiro atoms. The smallest absolute Gasteiger partial charge is 0.269 e. The van der Waals surface area contributed by atoms with E-state index in [1.54, 1.807) is 12.1 Å². The summed E-state index contributed by atoms with van der Waals surface area (Å²) in [7, 11) is 0. The Labute approximate surface area is 132 Å². The van der Waals surface area contributed by atoms with Crippen LogP contribution in [0.4, 0.5) is 5.69 Å². The summed E-state index contributed by atoms with van der Waals surface area (Å²) in [5, 5.41) is 10.8. The second-order valence-corrected chi connectivity index (χ2v) is 5.75. The number of fused-ring (bicyclic) bond motifs is 1. The molecule has 0 aromatic heterocycles. The largest absolute Gasteiger partial charge is 0.486 e. The van der Waals surface area contributed by atoms with Gasteiger partial charge in [0.05, 0.1) is 10.7 Å².